The lowest BCUT2D eigenvalue weighted by Crippen LogP contribution is -2.44. The van der Waals surface area contributed by atoms with Crippen LogP contribution in [0.2, 0.25) is 0 Å². The maximum atomic E-state index is 12.5. The lowest BCUT2D eigenvalue weighted by molar-refractivity contribution is -0.125. The summed E-state index contributed by atoms with van der Waals surface area (Å²) in [6.45, 7) is 3.43. The first-order valence-electron chi connectivity index (χ1n) is 9.22. The first kappa shape index (κ1) is 15.5. The van der Waals surface area contributed by atoms with Gasteiger partial charge in [-0.25, -0.2) is 9.97 Å². The number of nitrogens with zero attached hydrogens (tertiary/aromatic N) is 5. The molecule has 0 radical (unpaired) electrons. The molecule has 5 rings (SSSR count). The zero-order chi connectivity index (χ0) is 17.7. The molecule has 0 aromatic carbocycles. The molecule has 1 saturated carbocycles. The van der Waals surface area contributed by atoms with Crippen molar-refractivity contribution >= 4 is 33.8 Å². The number of hydrogen-bond acceptors (Lipinski definition) is 6. The molecule has 2 fully saturated rings. The van der Waals surface area contributed by atoms with Crippen LogP contribution < -0.4 is 10.2 Å². The second-order valence-electron chi connectivity index (χ2n) is 7.30. The van der Waals surface area contributed by atoms with E-state index < -0.39 is 0 Å². The molecule has 1 aliphatic heterocycles. The quantitative estimate of drug-likeness (QED) is 0.745. The number of amides is 1. The molecule has 4 heterocycles. The number of carbonyl (C=O) groups excluding carboxylic acids is 1. The Labute approximate surface area is 150 Å². The Bertz CT molecular complexity index is 994. The molecule has 0 spiro atoms. The van der Waals surface area contributed by atoms with E-state index in [-0.39, 0.29) is 11.8 Å². The number of piperidine rings is 1. The predicted octanol–water partition coefficient (Wildman–Crippen LogP) is 1.70. The molecule has 3 aromatic heterocycles. The number of nitrogens with one attached hydrogen (secondary N) is 2. The van der Waals surface area contributed by atoms with Crippen LogP contribution in [0.3, 0.4) is 0 Å². The first-order chi connectivity index (χ1) is 12.7. The second-order valence-corrected chi connectivity index (χ2v) is 7.30. The van der Waals surface area contributed by atoms with Crippen LogP contribution in [0.15, 0.2) is 12.3 Å². The fourth-order valence-corrected chi connectivity index (χ4v) is 3.76. The van der Waals surface area contributed by atoms with Crippen LogP contribution in [0.1, 0.15) is 31.5 Å². The molecule has 1 amide bonds. The maximum absolute atomic E-state index is 12.5. The zero-order valence-electron chi connectivity index (χ0n) is 14.7. The minimum atomic E-state index is 0.00573. The Morgan fingerprint density at radius 2 is 2.15 bits per heavy atom. The number of fused-ring (bicyclic) bond motifs is 3. The SMILES string of the molecule is Cc1nc(N2CCCC(C(=O)NC3CC3)C2)c2c(nnc3[nH]ccc32)n1. The van der Waals surface area contributed by atoms with Gasteiger partial charge >= 0.3 is 0 Å². The van der Waals surface area contributed by atoms with Crippen molar-refractivity contribution in [2.75, 3.05) is 18.0 Å². The molecule has 1 aliphatic carbocycles. The third-order valence-electron chi connectivity index (χ3n) is 5.24. The van der Waals surface area contributed by atoms with Crippen LogP contribution in [0.25, 0.3) is 22.1 Å². The Kier molecular flexibility index (Phi) is 3.51. The fraction of sp³-hybridized carbons (Fsp3) is 0.500. The highest BCUT2D eigenvalue weighted by atomic mass is 16.2. The highest BCUT2D eigenvalue weighted by Crippen LogP contribution is 2.32. The van der Waals surface area contributed by atoms with Crippen molar-refractivity contribution in [3.63, 3.8) is 0 Å². The standard InChI is InChI=1S/C18H21N7O/c1-10-20-16-14(13-6-7-19-15(13)23-24-16)17(21-10)25-8-2-3-11(9-25)18(26)22-12-4-5-12/h6-7,11-12H,2-5,8-9H2,1H3,(H,19,23)(H,22,26). The van der Waals surface area contributed by atoms with Gasteiger partial charge < -0.3 is 15.2 Å². The second kappa shape index (κ2) is 5.89. The third kappa shape index (κ3) is 2.65. The highest BCUT2D eigenvalue weighted by molar-refractivity contribution is 6.07. The minimum Gasteiger partial charge on any atom is -0.355 e. The Hall–Kier alpha value is -2.77. The van der Waals surface area contributed by atoms with Gasteiger partial charge in [-0.2, -0.15) is 0 Å². The lowest BCUT2D eigenvalue weighted by atomic mass is 9.96. The summed E-state index contributed by atoms with van der Waals surface area (Å²) < 4.78 is 0. The van der Waals surface area contributed by atoms with E-state index >= 15 is 0 Å². The van der Waals surface area contributed by atoms with Crippen molar-refractivity contribution in [1.29, 1.82) is 0 Å². The molecule has 3 aromatic rings. The number of aryl methyl sites for hydroxylation is 1. The Morgan fingerprint density at radius 1 is 1.27 bits per heavy atom. The normalized spacial score (nSPS) is 20.7. The van der Waals surface area contributed by atoms with Gasteiger partial charge in [-0.1, -0.05) is 0 Å². The van der Waals surface area contributed by atoms with E-state index in [0.717, 1.165) is 54.5 Å². The Balaban J connectivity index is 1.54. The molecule has 1 atom stereocenters. The monoisotopic (exact) mass is 351 g/mol. The number of anilines is 1. The van der Waals surface area contributed by atoms with Crippen LogP contribution in [0.4, 0.5) is 5.82 Å². The molecule has 26 heavy (non-hydrogen) atoms. The summed E-state index contributed by atoms with van der Waals surface area (Å²) in [6, 6.07) is 2.38. The number of aromatic amines is 1. The molecule has 0 bridgehead atoms. The molecular formula is C18H21N7O. The van der Waals surface area contributed by atoms with Crippen LogP contribution in [-0.4, -0.2) is 50.2 Å². The van der Waals surface area contributed by atoms with Crippen LogP contribution >= 0.6 is 0 Å². The lowest BCUT2D eigenvalue weighted by Gasteiger charge is -2.33. The van der Waals surface area contributed by atoms with Gasteiger partial charge in [0.2, 0.25) is 5.91 Å². The van der Waals surface area contributed by atoms with Crippen LogP contribution in [-0.2, 0) is 4.79 Å². The molecule has 2 aliphatic rings. The van der Waals surface area contributed by atoms with Crippen LogP contribution in [0, 0.1) is 12.8 Å². The van der Waals surface area contributed by atoms with E-state index in [4.69, 9.17) is 4.98 Å². The summed E-state index contributed by atoms with van der Waals surface area (Å²) in [5, 5.41) is 13.5. The van der Waals surface area contributed by atoms with Gasteiger partial charge in [0.05, 0.1) is 11.3 Å². The van der Waals surface area contributed by atoms with Crippen molar-refractivity contribution in [2.24, 2.45) is 5.92 Å². The molecule has 134 valence electrons. The van der Waals surface area contributed by atoms with Gasteiger partial charge in [0, 0.05) is 30.7 Å². The molecular weight excluding hydrogens is 330 g/mol. The van der Waals surface area contributed by atoms with Gasteiger partial charge in [0.1, 0.15) is 11.6 Å². The van der Waals surface area contributed by atoms with E-state index in [1.54, 1.807) is 0 Å². The largest absolute Gasteiger partial charge is 0.355 e. The van der Waals surface area contributed by atoms with Crippen molar-refractivity contribution in [1.82, 2.24) is 30.5 Å². The van der Waals surface area contributed by atoms with Gasteiger partial charge in [0.25, 0.3) is 0 Å². The van der Waals surface area contributed by atoms with Gasteiger partial charge in [-0.3, -0.25) is 4.79 Å². The smallest absolute Gasteiger partial charge is 0.225 e. The van der Waals surface area contributed by atoms with E-state index in [2.05, 4.69) is 30.4 Å². The number of carbonyl (C=O) groups is 1. The maximum Gasteiger partial charge on any atom is 0.225 e. The van der Waals surface area contributed by atoms with Crippen molar-refractivity contribution in [2.45, 2.75) is 38.6 Å². The highest BCUT2D eigenvalue weighted by Gasteiger charge is 2.31. The molecule has 1 saturated heterocycles. The number of rotatable bonds is 3. The molecule has 1 unspecified atom stereocenters. The third-order valence-corrected chi connectivity index (χ3v) is 5.24. The number of hydrogen-bond donors (Lipinski definition) is 2. The molecule has 8 nitrogen and oxygen atoms in total. The van der Waals surface area contributed by atoms with E-state index in [1.807, 2.05) is 19.2 Å². The van der Waals surface area contributed by atoms with Gasteiger partial charge in [-0.15, -0.1) is 10.2 Å². The fourth-order valence-electron chi connectivity index (χ4n) is 3.76. The van der Waals surface area contributed by atoms with Crippen molar-refractivity contribution in [3.8, 4) is 0 Å². The van der Waals surface area contributed by atoms with Crippen LogP contribution in [0.5, 0.6) is 0 Å². The summed E-state index contributed by atoms with van der Waals surface area (Å²) in [7, 11) is 0. The summed E-state index contributed by atoms with van der Waals surface area (Å²) in [5.41, 5.74) is 1.33. The Morgan fingerprint density at radius 3 is 3.00 bits per heavy atom. The van der Waals surface area contributed by atoms with Gasteiger partial charge in [-0.05, 0) is 38.7 Å². The predicted molar refractivity (Wildman–Crippen MR) is 97.8 cm³/mol. The van der Waals surface area contributed by atoms with Crippen molar-refractivity contribution < 1.29 is 4.79 Å². The van der Waals surface area contributed by atoms with Crippen molar-refractivity contribution in [3.05, 3.63) is 18.1 Å². The summed E-state index contributed by atoms with van der Waals surface area (Å²) in [6.07, 6.45) is 5.98. The zero-order valence-corrected chi connectivity index (χ0v) is 14.7. The molecule has 8 heteroatoms. The van der Waals surface area contributed by atoms with Gasteiger partial charge in [0.15, 0.2) is 11.3 Å². The first-order valence-corrected chi connectivity index (χ1v) is 9.22. The summed E-state index contributed by atoms with van der Waals surface area (Å²) >= 11 is 0. The number of H-pyrrole nitrogens is 1. The molecule has 2 N–H and O–H groups in total. The minimum absolute atomic E-state index is 0.00573. The average molecular weight is 351 g/mol. The van der Waals surface area contributed by atoms with E-state index in [1.165, 1.54) is 0 Å². The summed E-state index contributed by atoms with van der Waals surface area (Å²) in [5.74, 6) is 1.71. The topological polar surface area (TPSA) is 99.7 Å². The van der Waals surface area contributed by atoms with E-state index in [9.17, 15) is 4.79 Å². The number of aromatic nitrogens is 5. The van der Waals surface area contributed by atoms with E-state index in [0.29, 0.717) is 24.1 Å². The summed E-state index contributed by atoms with van der Waals surface area (Å²) in [4.78, 5) is 27.0. The average Bonchev–Trinajstić information content (AvgIpc) is 3.33.